The third-order valence-corrected chi connectivity index (χ3v) is 2.57. The summed E-state index contributed by atoms with van der Waals surface area (Å²) in [6.45, 7) is 0. The zero-order valence-electron chi connectivity index (χ0n) is 9.21. The number of H-pyrrole nitrogens is 1. The molecule has 3 rings (SSSR count). The SMILES string of the molecule is COc1nccnc1-c1ccnc2[nH]ccc12. The standard InChI is InChI=1S/C12H10N4O/c1-17-12-10(13-6-7-16-12)8-2-4-14-11-9(8)3-5-15-11/h2-7H,1H3,(H,14,15). The maximum absolute atomic E-state index is 5.22. The average Bonchev–Trinajstić information content (AvgIpc) is 2.86. The molecule has 0 saturated carbocycles. The molecule has 0 fully saturated rings. The molecule has 1 N–H and O–H groups in total. The molecular formula is C12H10N4O. The Kier molecular flexibility index (Phi) is 2.22. The van der Waals surface area contributed by atoms with Crippen molar-refractivity contribution in [1.29, 1.82) is 0 Å². The van der Waals surface area contributed by atoms with E-state index >= 15 is 0 Å². The van der Waals surface area contributed by atoms with Crippen LogP contribution in [-0.2, 0) is 0 Å². The van der Waals surface area contributed by atoms with Gasteiger partial charge in [-0.1, -0.05) is 0 Å². The first kappa shape index (κ1) is 9.77. The highest BCUT2D eigenvalue weighted by molar-refractivity contribution is 5.92. The van der Waals surface area contributed by atoms with Crippen LogP contribution in [0.4, 0.5) is 0 Å². The second-order valence-corrected chi connectivity index (χ2v) is 3.51. The van der Waals surface area contributed by atoms with E-state index in [0.717, 1.165) is 22.3 Å². The molecule has 0 aliphatic rings. The molecule has 3 heterocycles. The number of nitrogens with zero attached hydrogens (tertiary/aromatic N) is 3. The number of hydrogen-bond donors (Lipinski definition) is 1. The van der Waals surface area contributed by atoms with Crippen LogP contribution in [0.3, 0.4) is 0 Å². The van der Waals surface area contributed by atoms with Crippen molar-refractivity contribution in [1.82, 2.24) is 19.9 Å². The highest BCUT2D eigenvalue weighted by Gasteiger charge is 2.12. The molecule has 84 valence electrons. The van der Waals surface area contributed by atoms with E-state index in [4.69, 9.17) is 4.74 Å². The molecule has 3 aromatic rings. The van der Waals surface area contributed by atoms with Gasteiger partial charge in [0.1, 0.15) is 11.3 Å². The van der Waals surface area contributed by atoms with Crippen molar-refractivity contribution in [3.8, 4) is 17.1 Å². The predicted octanol–water partition coefficient (Wildman–Crippen LogP) is 2.03. The maximum atomic E-state index is 5.22. The molecule has 17 heavy (non-hydrogen) atoms. The largest absolute Gasteiger partial charge is 0.479 e. The van der Waals surface area contributed by atoms with Crippen LogP contribution in [-0.4, -0.2) is 27.0 Å². The second kappa shape index (κ2) is 3.86. The van der Waals surface area contributed by atoms with E-state index in [-0.39, 0.29) is 0 Å². The smallest absolute Gasteiger partial charge is 0.240 e. The summed E-state index contributed by atoms with van der Waals surface area (Å²) < 4.78 is 5.22. The zero-order valence-corrected chi connectivity index (χ0v) is 9.21. The number of pyridine rings is 1. The van der Waals surface area contributed by atoms with Gasteiger partial charge in [-0.25, -0.2) is 15.0 Å². The number of hydrogen-bond acceptors (Lipinski definition) is 4. The van der Waals surface area contributed by atoms with Gasteiger partial charge >= 0.3 is 0 Å². The topological polar surface area (TPSA) is 63.7 Å². The lowest BCUT2D eigenvalue weighted by Gasteiger charge is -2.06. The Hall–Kier alpha value is -2.43. The van der Waals surface area contributed by atoms with Gasteiger partial charge in [-0.2, -0.15) is 0 Å². The third kappa shape index (κ3) is 1.52. The van der Waals surface area contributed by atoms with Crippen LogP contribution >= 0.6 is 0 Å². The van der Waals surface area contributed by atoms with Crippen LogP contribution in [0.5, 0.6) is 5.88 Å². The molecule has 5 heteroatoms. The molecule has 0 amide bonds. The second-order valence-electron chi connectivity index (χ2n) is 3.51. The highest BCUT2D eigenvalue weighted by atomic mass is 16.5. The first-order valence-electron chi connectivity index (χ1n) is 5.17. The first-order valence-corrected chi connectivity index (χ1v) is 5.17. The normalized spacial score (nSPS) is 10.6. The van der Waals surface area contributed by atoms with Gasteiger partial charge in [0.25, 0.3) is 0 Å². The zero-order chi connectivity index (χ0) is 11.7. The predicted molar refractivity (Wildman–Crippen MR) is 63.7 cm³/mol. The first-order chi connectivity index (χ1) is 8.40. The monoisotopic (exact) mass is 226 g/mol. The molecule has 0 aliphatic carbocycles. The number of aromatic nitrogens is 4. The number of fused-ring (bicyclic) bond motifs is 1. The van der Waals surface area contributed by atoms with Crippen LogP contribution in [0.25, 0.3) is 22.3 Å². The minimum Gasteiger partial charge on any atom is -0.479 e. The van der Waals surface area contributed by atoms with Crippen molar-refractivity contribution in [3.63, 3.8) is 0 Å². The summed E-state index contributed by atoms with van der Waals surface area (Å²) in [5, 5.41) is 1.01. The van der Waals surface area contributed by atoms with Crippen molar-refractivity contribution in [2.24, 2.45) is 0 Å². The molecule has 0 saturated heterocycles. The van der Waals surface area contributed by atoms with Crippen LogP contribution in [0, 0.1) is 0 Å². The molecule has 0 bridgehead atoms. The van der Waals surface area contributed by atoms with Crippen molar-refractivity contribution in [3.05, 3.63) is 36.9 Å². The van der Waals surface area contributed by atoms with Gasteiger partial charge in [0.15, 0.2) is 0 Å². The minimum absolute atomic E-state index is 0.515. The molecule has 0 aliphatic heterocycles. The Morgan fingerprint density at radius 1 is 1.06 bits per heavy atom. The molecule has 0 radical (unpaired) electrons. The van der Waals surface area contributed by atoms with E-state index in [1.54, 1.807) is 25.7 Å². The molecule has 0 spiro atoms. The molecule has 3 aromatic heterocycles. The van der Waals surface area contributed by atoms with Crippen LogP contribution in [0.15, 0.2) is 36.9 Å². The van der Waals surface area contributed by atoms with Crippen molar-refractivity contribution in [2.75, 3.05) is 7.11 Å². The Labute approximate surface area is 97.5 Å². The van der Waals surface area contributed by atoms with Crippen molar-refractivity contribution < 1.29 is 4.74 Å². The molecule has 0 unspecified atom stereocenters. The summed E-state index contributed by atoms with van der Waals surface area (Å²) in [5.41, 5.74) is 2.51. The van der Waals surface area contributed by atoms with E-state index < -0.39 is 0 Å². The van der Waals surface area contributed by atoms with Gasteiger partial charge in [-0.05, 0) is 12.1 Å². The summed E-state index contributed by atoms with van der Waals surface area (Å²) in [5.74, 6) is 0.515. The van der Waals surface area contributed by atoms with Gasteiger partial charge in [0.2, 0.25) is 5.88 Å². The lowest BCUT2D eigenvalue weighted by atomic mass is 10.1. The average molecular weight is 226 g/mol. The van der Waals surface area contributed by atoms with E-state index in [1.165, 1.54) is 0 Å². The van der Waals surface area contributed by atoms with Crippen LogP contribution in [0.2, 0.25) is 0 Å². The number of aromatic amines is 1. The van der Waals surface area contributed by atoms with Gasteiger partial charge in [0, 0.05) is 35.7 Å². The van der Waals surface area contributed by atoms with Gasteiger partial charge in [0.05, 0.1) is 7.11 Å². The fourth-order valence-electron chi connectivity index (χ4n) is 1.83. The summed E-state index contributed by atoms with van der Waals surface area (Å²) in [6.07, 6.45) is 6.85. The summed E-state index contributed by atoms with van der Waals surface area (Å²) >= 11 is 0. The van der Waals surface area contributed by atoms with Crippen molar-refractivity contribution >= 4 is 11.0 Å². The van der Waals surface area contributed by atoms with Crippen LogP contribution in [0.1, 0.15) is 0 Å². The Morgan fingerprint density at radius 3 is 2.82 bits per heavy atom. The summed E-state index contributed by atoms with van der Waals surface area (Å²) in [7, 11) is 1.59. The number of methoxy groups -OCH3 is 1. The van der Waals surface area contributed by atoms with Gasteiger partial charge < -0.3 is 9.72 Å². The Bertz CT molecular complexity index is 662. The minimum atomic E-state index is 0.515. The summed E-state index contributed by atoms with van der Waals surface area (Å²) in [4.78, 5) is 15.8. The van der Waals surface area contributed by atoms with Crippen molar-refractivity contribution in [2.45, 2.75) is 0 Å². The lowest BCUT2D eigenvalue weighted by Crippen LogP contribution is -1.94. The van der Waals surface area contributed by atoms with E-state index in [9.17, 15) is 0 Å². The van der Waals surface area contributed by atoms with Gasteiger partial charge in [-0.3, -0.25) is 0 Å². The summed E-state index contributed by atoms with van der Waals surface area (Å²) in [6, 6.07) is 3.87. The Balaban J connectivity index is 2.30. The van der Waals surface area contributed by atoms with E-state index in [1.807, 2.05) is 18.3 Å². The lowest BCUT2D eigenvalue weighted by molar-refractivity contribution is 0.398. The van der Waals surface area contributed by atoms with Gasteiger partial charge in [-0.15, -0.1) is 0 Å². The molecule has 5 nitrogen and oxygen atoms in total. The van der Waals surface area contributed by atoms with Crippen LogP contribution < -0.4 is 4.74 Å². The highest BCUT2D eigenvalue weighted by Crippen LogP contribution is 2.30. The molecular weight excluding hydrogens is 216 g/mol. The maximum Gasteiger partial charge on any atom is 0.240 e. The van der Waals surface area contributed by atoms with E-state index in [2.05, 4.69) is 19.9 Å². The third-order valence-electron chi connectivity index (χ3n) is 2.57. The Morgan fingerprint density at radius 2 is 1.94 bits per heavy atom. The molecule has 0 aromatic carbocycles. The molecule has 0 atom stereocenters. The fourth-order valence-corrected chi connectivity index (χ4v) is 1.83. The number of nitrogens with one attached hydrogen (secondary N) is 1. The van der Waals surface area contributed by atoms with E-state index in [0.29, 0.717) is 5.88 Å². The quantitative estimate of drug-likeness (QED) is 0.726. The fraction of sp³-hybridized carbons (Fsp3) is 0.0833. The number of rotatable bonds is 2. The number of ether oxygens (including phenoxy) is 1.